The Hall–Kier alpha value is -0.760. The highest BCUT2D eigenvalue weighted by molar-refractivity contribution is 5.23. The van der Waals surface area contributed by atoms with Crippen molar-refractivity contribution in [3.8, 4) is 0 Å². The van der Waals surface area contributed by atoms with Crippen LogP contribution in [0.1, 0.15) is 19.8 Å². The molecule has 1 saturated heterocycles. The quantitative estimate of drug-likeness (QED) is 0.598. The Morgan fingerprint density at radius 1 is 1.67 bits per heavy atom. The average molecular weight is 166 g/mol. The van der Waals surface area contributed by atoms with Gasteiger partial charge in [-0.05, 0) is 18.9 Å². The topological polar surface area (TPSA) is 21.8 Å². The van der Waals surface area contributed by atoms with Crippen molar-refractivity contribution in [3.05, 3.63) is 23.5 Å². The lowest BCUT2D eigenvalue weighted by Crippen LogP contribution is -2.04. The summed E-state index contributed by atoms with van der Waals surface area (Å²) in [4.78, 5) is 0. The van der Waals surface area contributed by atoms with Crippen LogP contribution in [-0.4, -0.2) is 19.3 Å². The van der Waals surface area contributed by atoms with Crippen LogP contribution in [-0.2, 0) is 9.47 Å². The van der Waals surface area contributed by atoms with Crippen LogP contribution in [0, 0.1) is 0 Å². The molecular weight excluding hydrogens is 152 g/mol. The summed E-state index contributed by atoms with van der Waals surface area (Å²) in [5, 5.41) is 0. The van der Waals surface area contributed by atoms with Crippen LogP contribution in [0.2, 0.25) is 0 Å². The van der Waals surface area contributed by atoms with Crippen molar-refractivity contribution in [2.75, 3.05) is 13.2 Å². The smallest absolute Gasteiger partial charge is 0.116 e. The van der Waals surface area contributed by atoms with Gasteiger partial charge in [0, 0.05) is 6.42 Å². The molecule has 0 bridgehead atoms. The average Bonchev–Trinajstić information content (AvgIpc) is 2.86. The summed E-state index contributed by atoms with van der Waals surface area (Å²) in [7, 11) is 0. The van der Waals surface area contributed by atoms with Gasteiger partial charge in [-0.3, -0.25) is 0 Å². The highest BCUT2D eigenvalue weighted by atomic mass is 16.6. The Kier molecular flexibility index (Phi) is 2.17. The van der Waals surface area contributed by atoms with Crippen molar-refractivity contribution in [1.82, 2.24) is 0 Å². The van der Waals surface area contributed by atoms with Gasteiger partial charge in [0.05, 0.1) is 12.4 Å². The van der Waals surface area contributed by atoms with Gasteiger partial charge in [0.15, 0.2) is 0 Å². The molecule has 2 aliphatic rings. The molecule has 2 heteroatoms. The minimum Gasteiger partial charge on any atom is -0.495 e. The molecule has 2 nitrogen and oxygen atoms in total. The molecule has 1 fully saturated rings. The van der Waals surface area contributed by atoms with Gasteiger partial charge in [-0.15, -0.1) is 0 Å². The fourth-order valence-electron chi connectivity index (χ4n) is 1.31. The van der Waals surface area contributed by atoms with E-state index in [0.29, 0.717) is 6.10 Å². The predicted octanol–water partition coefficient (Wildman–Crippen LogP) is 2.03. The molecule has 0 aromatic rings. The number of hydrogen-bond donors (Lipinski definition) is 0. The first kappa shape index (κ1) is 7.87. The molecule has 0 amide bonds. The first-order valence-electron chi connectivity index (χ1n) is 4.47. The van der Waals surface area contributed by atoms with E-state index in [9.17, 15) is 0 Å². The first-order chi connectivity index (χ1) is 5.86. The Bertz CT molecular complexity index is 224. The summed E-state index contributed by atoms with van der Waals surface area (Å²) >= 11 is 0. The van der Waals surface area contributed by atoms with E-state index < -0.39 is 0 Å². The SMILES string of the molecule is CC1=C(OCC2CO2)CCC=C1. The summed E-state index contributed by atoms with van der Waals surface area (Å²) in [5.74, 6) is 1.15. The van der Waals surface area contributed by atoms with E-state index in [1.165, 1.54) is 5.57 Å². The molecule has 0 aromatic carbocycles. The third-order valence-corrected chi connectivity index (χ3v) is 2.19. The normalized spacial score (nSPS) is 27.6. The zero-order chi connectivity index (χ0) is 8.39. The first-order valence-corrected chi connectivity index (χ1v) is 4.47. The number of epoxide rings is 1. The standard InChI is InChI=1S/C10H14O2/c1-8-4-2-3-5-10(8)12-7-9-6-11-9/h2,4,9H,3,5-7H2,1H3. The Morgan fingerprint density at radius 2 is 2.50 bits per heavy atom. The highest BCUT2D eigenvalue weighted by Crippen LogP contribution is 2.21. The van der Waals surface area contributed by atoms with Gasteiger partial charge in [0.1, 0.15) is 12.7 Å². The molecule has 0 N–H and O–H groups in total. The van der Waals surface area contributed by atoms with Crippen LogP contribution in [0.25, 0.3) is 0 Å². The number of ether oxygens (including phenoxy) is 2. The molecular formula is C10H14O2. The van der Waals surface area contributed by atoms with E-state index >= 15 is 0 Å². The van der Waals surface area contributed by atoms with Gasteiger partial charge in [0.25, 0.3) is 0 Å². The van der Waals surface area contributed by atoms with E-state index in [0.717, 1.165) is 31.8 Å². The second-order valence-electron chi connectivity index (χ2n) is 3.31. The number of hydrogen-bond acceptors (Lipinski definition) is 2. The van der Waals surface area contributed by atoms with Crippen LogP contribution in [0.15, 0.2) is 23.5 Å². The van der Waals surface area contributed by atoms with E-state index in [1.54, 1.807) is 0 Å². The van der Waals surface area contributed by atoms with Crippen molar-refractivity contribution in [1.29, 1.82) is 0 Å². The zero-order valence-electron chi connectivity index (χ0n) is 7.38. The van der Waals surface area contributed by atoms with Crippen molar-refractivity contribution in [2.45, 2.75) is 25.9 Å². The monoisotopic (exact) mass is 166 g/mol. The lowest BCUT2D eigenvalue weighted by Gasteiger charge is -2.13. The molecule has 0 spiro atoms. The summed E-state index contributed by atoms with van der Waals surface area (Å²) in [6.07, 6.45) is 6.85. The lowest BCUT2D eigenvalue weighted by atomic mass is 10.1. The van der Waals surface area contributed by atoms with E-state index in [-0.39, 0.29) is 0 Å². The highest BCUT2D eigenvalue weighted by Gasteiger charge is 2.23. The minimum atomic E-state index is 0.371. The third kappa shape index (κ3) is 1.89. The van der Waals surface area contributed by atoms with Gasteiger partial charge >= 0.3 is 0 Å². The van der Waals surface area contributed by atoms with Gasteiger partial charge in [0.2, 0.25) is 0 Å². The summed E-state index contributed by atoms with van der Waals surface area (Å²) < 4.78 is 10.7. The van der Waals surface area contributed by atoms with Crippen molar-refractivity contribution in [3.63, 3.8) is 0 Å². The van der Waals surface area contributed by atoms with Gasteiger partial charge in [-0.25, -0.2) is 0 Å². The van der Waals surface area contributed by atoms with Crippen LogP contribution in [0.5, 0.6) is 0 Å². The van der Waals surface area contributed by atoms with Crippen LogP contribution >= 0.6 is 0 Å². The molecule has 2 rings (SSSR count). The van der Waals surface area contributed by atoms with E-state index in [2.05, 4.69) is 19.1 Å². The van der Waals surface area contributed by atoms with Crippen LogP contribution < -0.4 is 0 Å². The molecule has 12 heavy (non-hydrogen) atoms. The lowest BCUT2D eigenvalue weighted by molar-refractivity contribution is 0.172. The second-order valence-corrected chi connectivity index (χ2v) is 3.31. The maximum absolute atomic E-state index is 5.62. The zero-order valence-corrected chi connectivity index (χ0v) is 7.38. The molecule has 1 aliphatic heterocycles. The van der Waals surface area contributed by atoms with Crippen molar-refractivity contribution in [2.24, 2.45) is 0 Å². The van der Waals surface area contributed by atoms with Gasteiger partial charge < -0.3 is 9.47 Å². The van der Waals surface area contributed by atoms with Crippen molar-refractivity contribution < 1.29 is 9.47 Å². The molecule has 0 radical (unpaired) electrons. The predicted molar refractivity (Wildman–Crippen MR) is 46.8 cm³/mol. The van der Waals surface area contributed by atoms with Crippen LogP contribution in [0.4, 0.5) is 0 Å². The summed E-state index contributed by atoms with van der Waals surface area (Å²) in [6.45, 7) is 3.71. The minimum absolute atomic E-state index is 0.371. The molecule has 1 aliphatic carbocycles. The maximum Gasteiger partial charge on any atom is 0.116 e. The fraction of sp³-hybridized carbons (Fsp3) is 0.600. The molecule has 1 heterocycles. The van der Waals surface area contributed by atoms with E-state index in [1.807, 2.05) is 0 Å². The fourth-order valence-corrected chi connectivity index (χ4v) is 1.31. The Labute approximate surface area is 72.9 Å². The molecule has 1 atom stereocenters. The van der Waals surface area contributed by atoms with Gasteiger partial charge in [-0.2, -0.15) is 0 Å². The molecule has 66 valence electrons. The molecule has 1 unspecified atom stereocenters. The van der Waals surface area contributed by atoms with Crippen LogP contribution in [0.3, 0.4) is 0 Å². The third-order valence-electron chi connectivity index (χ3n) is 2.19. The number of allylic oxidation sites excluding steroid dienone is 4. The Morgan fingerprint density at radius 3 is 3.17 bits per heavy atom. The van der Waals surface area contributed by atoms with Gasteiger partial charge in [-0.1, -0.05) is 12.2 Å². The van der Waals surface area contributed by atoms with E-state index in [4.69, 9.17) is 9.47 Å². The second kappa shape index (κ2) is 3.31. The molecule has 0 saturated carbocycles. The largest absolute Gasteiger partial charge is 0.495 e. The molecule has 0 aromatic heterocycles. The summed E-state index contributed by atoms with van der Waals surface area (Å²) in [6, 6.07) is 0. The number of rotatable bonds is 3. The summed E-state index contributed by atoms with van der Waals surface area (Å²) in [5.41, 5.74) is 1.27. The maximum atomic E-state index is 5.62. The van der Waals surface area contributed by atoms with Crippen molar-refractivity contribution >= 4 is 0 Å². The Balaban J connectivity index is 1.87.